The van der Waals surface area contributed by atoms with Gasteiger partial charge in [-0.3, -0.25) is 9.59 Å². The van der Waals surface area contributed by atoms with E-state index in [2.05, 4.69) is 10.3 Å². The van der Waals surface area contributed by atoms with E-state index >= 15 is 0 Å². The second kappa shape index (κ2) is 6.99. The molecule has 110 valence electrons. The standard InChI is InChI=1S/C15H16N2O3S/c1-10-4-3-5-12(6-10)15(19)16-7-14(18)20-8-13-9-21-11(2)17-13/h3-6,9H,7-8H2,1-2H3,(H,16,19). The molecule has 0 spiro atoms. The van der Waals surface area contributed by atoms with Crippen molar-refractivity contribution in [3.05, 3.63) is 51.5 Å². The number of ether oxygens (including phenoxy) is 1. The van der Waals surface area contributed by atoms with Gasteiger partial charge in [0.2, 0.25) is 0 Å². The number of aryl methyl sites for hydroxylation is 2. The highest BCUT2D eigenvalue weighted by atomic mass is 32.1. The fourth-order valence-electron chi connectivity index (χ4n) is 1.72. The summed E-state index contributed by atoms with van der Waals surface area (Å²) in [5, 5.41) is 5.30. The number of carbonyl (C=O) groups is 2. The Balaban J connectivity index is 1.77. The molecule has 0 unspecified atom stereocenters. The van der Waals surface area contributed by atoms with Crippen molar-refractivity contribution in [1.29, 1.82) is 0 Å². The molecular formula is C15H16N2O3S. The molecule has 21 heavy (non-hydrogen) atoms. The van der Waals surface area contributed by atoms with Gasteiger partial charge >= 0.3 is 5.97 Å². The Bertz CT molecular complexity index is 652. The van der Waals surface area contributed by atoms with Crippen LogP contribution in [0.3, 0.4) is 0 Å². The number of nitrogens with zero attached hydrogens (tertiary/aromatic N) is 1. The van der Waals surface area contributed by atoms with Gasteiger partial charge in [-0.2, -0.15) is 0 Å². The number of esters is 1. The SMILES string of the molecule is Cc1cccc(C(=O)NCC(=O)OCc2csc(C)n2)c1. The molecule has 0 atom stereocenters. The van der Waals surface area contributed by atoms with E-state index in [0.717, 1.165) is 16.3 Å². The molecule has 1 amide bonds. The maximum atomic E-state index is 11.8. The molecule has 1 aromatic carbocycles. The van der Waals surface area contributed by atoms with Gasteiger partial charge in [-0.1, -0.05) is 17.7 Å². The van der Waals surface area contributed by atoms with Crippen molar-refractivity contribution in [3.8, 4) is 0 Å². The van der Waals surface area contributed by atoms with E-state index in [1.54, 1.807) is 18.2 Å². The van der Waals surface area contributed by atoms with Gasteiger partial charge in [0.1, 0.15) is 13.2 Å². The van der Waals surface area contributed by atoms with Gasteiger partial charge in [0.15, 0.2) is 0 Å². The molecule has 2 aromatic rings. The summed E-state index contributed by atoms with van der Waals surface area (Å²) in [7, 11) is 0. The van der Waals surface area contributed by atoms with Crippen LogP contribution in [0, 0.1) is 13.8 Å². The molecule has 0 aliphatic rings. The number of benzene rings is 1. The van der Waals surface area contributed by atoms with Crippen LogP contribution in [0.5, 0.6) is 0 Å². The van der Waals surface area contributed by atoms with Crippen molar-refractivity contribution in [1.82, 2.24) is 10.3 Å². The van der Waals surface area contributed by atoms with Crippen LogP contribution in [0.2, 0.25) is 0 Å². The molecular weight excluding hydrogens is 288 g/mol. The number of nitrogens with one attached hydrogen (secondary N) is 1. The van der Waals surface area contributed by atoms with Gasteiger partial charge in [0.05, 0.1) is 10.7 Å². The van der Waals surface area contributed by atoms with E-state index in [-0.39, 0.29) is 19.1 Å². The summed E-state index contributed by atoms with van der Waals surface area (Å²) in [6.45, 7) is 3.76. The van der Waals surface area contributed by atoms with E-state index in [0.29, 0.717) is 5.56 Å². The second-order valence-corrected chi connectivity index (χ2v) is 5.63. The highest BCUT2D eigenvalue weighted by molar-refractivity contribution is 7.09. The number of carbonyl (C=O) groups excluding carboxylic acids is 2. The Morgan fingerprint density at radius 1 is 1.33 bits per heavy atom. The largest absolute Gasteiger partial charge is 0.458 e. The van der Waals surface area contributed by atoms with Gasteiger partial charge in [-0.15, -0.1) is 11.3 Å². The normalized spacial score (nSPS) is 10.2. The monoisotopic (exact) mass is 304 g/mol. The zero-order valence-corrected chi connectivity index (χ0v) is 12.7. The van der Waals surface area contributed by atoms with E-state index in [4.69, 9.17) is 4.74 Å². The second-order valence-electron chi connectivity index (χ2n) is 4.57. The average molecular weight is 304 g/mol. The third kappa shape index (κ3) is 4.68. The summed E-state index contributed by atoms with van der Waals surface area (Å²) in [5.41, 5.74) is 2.23. The fraction of sp³-hybridized carbons (Fsp3) is 0.267. The smallest absolute Gasteiger partial charge is 0.325 e. The fourth-order valence-corrected chi connectivity index (χ4v) is 2.32. The van der Waals surface area contributed by atoms with Gasteiger partial charge in [0.25, 0.3) is 5.91 Å². The average Bonchev–Trinajstić information content (AvgIpc) is 2.88. The molecule has 0 aliphatic carbocycles. The first-order chi connectivity index (χ1) is 10.0. The number of rotatable bonds is 5. The number of hydrogen-bond donors (Lipinski definition) is 1. The van der Waals surface area contributed by atoms with Crippen molar-refractivity contribution >= 4 is 23.2 Å². The van der Waals surface area contributed by atoms with Crippen LogP contribution in [-0.2, 0) is 16.1 Å². The summed E-state index contributed by atoms with van der Waals surface area (Å²) in [4.78, 5) is 27.6. The third-order valence-electron chi connectivity index (χ3n) is 2.72. The number of aromatic nitrogens is 1. The molecule has 0 saturated heterocycles. The molecule has 1 heterocycles. The molecule has 0 radical (unpaired) electrons. The first kappa shape index (κ1) is 15.2. The van der Waals surface area contributed by atoms with E-state index in [9.17, 15) is 9.59 Å². The zero-order valence-electron chi connectivity index (χ0n) is 11.9. The minimum absolute atomic E-state index is 0.128. The predicted molar refractivity (Wildman–Crippen MR) is 80.2 cm³/mol. The van der Waals surface area contributed by atoms with Crippen molar-refractivity contribution in [2.45, 2.75) is 20.5 Å². The Kier molecular flexibility index (Phi) is 5.05. The highest BCUT2D eigenvalue weighted by Crippen LogP contribution is 2.08. The summed E-state index contributed by atoms with van der Waals surface area (Å²) in [5.74, 6) is -0.776. The molecule has 6 heteroatoms. The van der Waals surface area contributed by atoms with Crippen LogP contribution in [0.25, 0.3) is 0 Å². The van der Waals surface area contributed by atoms with Crippen LogP contribution in [0.15, 0.2) is 29.6 Å². The van der Waals surface area contributed by atoms with Gasteiger partial charge in [0, 0.05) is 10.9 Å². The molecule has 0 saturated carbocycles. The molecule has 5 nitrogen and oxygen atoms in total. The Morgan fingerprint density at radius 2 is 2.14 bits per heavy atom. The van der Waals surface area contributed by atoms with Crippen molar-refractivity contribution in [2.24, 2.45) is 0 Å². The third-order valence-corrected chi connectivity index (χ3v) is 3.54. The van der Waals surface area contributed by atoms with Crippen LogP contribution in [-0.4, -0.2) is 23.4 Å². The van der Waals surface area contributed by atoms with Crippen LogP contribution in [0.1, 0.15) is 26.6 Å². The van der Waals surface area contributed by atoms with Crippen LogP contribution < -0.4 is 5.32 Å². The van der Waals surface area contributed by atoms with Crippen molar-refractivity contribution in [3.63, 3.8) is 0 Å². The first-order valence-electron chi connectivity index (χ1n) is 6.46. The van der Waals surface area contributed by atoms with Gasteiger partial charge in [-0.25, -0.2) is 4.98 Å². The summed E-state index contributed by atoms with van der Waals surface area (Å²) >= 11 is 1.50. The molecule has 0 bridgehead atoms. The summed E-state index contributed by atoms with van der Waals surface area (Å²) < 4.78 is 5.04. The maximum Gasteiger partial charge on any atom is 0.325 e. The Hall–Kier alpha value is -2.21. The number of hydrogen-bond acceptors (Lipinski definition) is 5. The molecule has 1 aromatic heterocycles. The van der Waals surface area contributed by atoms with E-state index in [1.807, 2.05) is 25.3 Å². The topological polar surface area (TPSA) is 68.3 Å². The Labute approximate surface area is 127 Å². The minimum atomic E-state index is -0.485. The Morgan fingerprint density at radius 3 is 2.81 bits per heavy atom. The van der Waals surface area contributed by atoms with Crippen LogP contribution >= 0.6 is 11.3 Å². The molecule has 0 aliphatic heterocycles. The van der Waals surface area contributed by atoms with Gasteiger partial charge < -0.3 is 10.1 Å². The molecule has 0 fully saturated rings. The molecule has 2 rings (SSSR count). The number of amides is 1. The zero-order chi connectivity index (χ0) is 15.2. The lowest BCUT2D eigenvalue weighted by molar-refractivity contribution is -0.143. The van der Waals surface area contributed by atoms with E-state index < -0.39 is 5.97 Å². The molecule has 1 N–H and O–H groups in total. The lowest BCUT2D eigenvalue weighted by atomic mass is 10.1. The summed E-state index contributed by atoms with van der Waals surface area (Å²) in [6.07, 6.45) is 0. The van der Waals surface area contributed by atoms with Crippen molar-refractivity contribution in [2.75, 3.05) is 6.54 Å². The van der Waals surface area contributed by atoms with Gasteiger partial charge in [-0.05, 0) is 26.0 Å². The lowest BCUT2D eigenvalue weighted by Crippen LogP contribution is -2.30. The van der Waals surface area contributed by atoms with Crippen LogP contribution in [0.4, 0.5) is 0 Å². The predicted octanol–water partition coefficient (Wildman–Crippen LogP) is 2.23. The van der Waals surface area contributed by atoms with Crippen molar-refractivity contribution < 1.29 is 14.3 Å². The summed E-state index contributed by atoms with van der Waals surface area (Å²) in [6, 6.07) is 7.17. The van der Waals surface area contributed by atoms with E-state index in [1.165, 1.54) is 11.3 Å². The maximum absolute atomic E-state index is 11.8. The highest BCUT2D eigenvalue weighted by Gasteiger charge is 2.09. The minimum Gasteiger partial charge on any atom is -0.458 e. The lowest BCUT2D eigenvalue weighted by Gasteiger charge is -2.06. The number of thiazole rings is 1. The first-order valence-corrected chi connectivity index (χ1v) is 7.34. The quantitative estimate of drug-likeness (QED) is 0.860.